The van der Waals surface area contributed by atoms with E-state index in [2.05, 4.69) is 27.1 Å². The average Bonchev–Trinajstić information content (AvgIpc) is 3.51. The first-order valence-corrected chi connectivity index (χ1v) is 13.5. The minimum atomic E-state index is -0.742. The number of hydrogen-bond acceptors (Lipinski definition) is 7. The Morgan fingerprint density at radius 2 is 1.71 bits per heavy atom. The molecule has 0 aliphatic carbocycles. The molecule has 1 aliphatic heterocycles. The number of carbonyl (C=O) groups is 1. The fraction of sp³-hybridized carbons (Fsp3) is 0.226. The highest BCUT2D eigenvalue weighted by atomic mass is 19.1. The van der Waals surface area contributed by atoms with Gasteiger partial charge in [0, 0.05) is 49.1 Å². The topological polar surface area (TPSA) is 85.5 Å². The molecular formula is C31H29FN6O3. The quantitative estimate of drug-likeness (QED) is 0.279. The summed E-state index contributed by atoms with van der Waals surface area (Å²) < 4.78 is 24.3. The zero-order valence-corrected chi connectivity index (χ0v) is 22.6. The van der Waals surface area contributed by atoms with E-state index >= 15 is 4.39 Å². The fourth-order valence-electron chi connectivity index (χ4n) is 5.30. The summed E-state index contributed by atoms with van der Waals surface area (Å²) in [6.45, 7) is 5.00. The number of piperazine rings is 1. The van der Waals surface area contributed by atoms with Crippen LogP contribution in [0, 0.1) is 5.82 Å². The van der Waals surface area contributed by atoms with E-state index in [0.29, 0.717) is 36.5 Å². The molecule has 0 unspecified atom stereocenters. The smallest absolute Gasteiger partial charge is 0.343 e. The molecule has 3 aromatic carbocycles. The third-order valence-corrected chi connectivity index (χ3v) is 7.31. The van der Waals surface area contributed by atoms with Gasteiger partial charge in [0.05, 0.1) is 24.4 Å². The molecule has 9 nitrogen and oxygen atoms in total. The Morgan fingerprint density at radius 1 is 0.951 bits per heavy atom. The van der Waals surface area contributed by atoms with Gasteiger partial charge in [-0.2, -0.15) is 5.10 Å². The molecule has 2 aromatic heterocycles. The van der Waals surface area contributed by atoms with Crippen LogP contribution in [0.2, 0.25) is 0 Å². The first kappa shape index (κ1) is 26.2. The van der Waals surface area contributed by atoms with Crippen LogP contribution in [0.5, 0.6) is 0 Å². The van der Waals surface area contributed by atoms with Gasteiger partial charge in [-0.1, -0.05) is 30.3 Å². The van der Waals surface area contributed by atoms with Crippen LogP contribution in [-0.4, -0.2) is 58.1 Å². The van der Waals surface area contributed by atoms with Gasteiger partial charge in [0.25, 0.3) is 0 Å². The van der Waals surface area contributed by atoms with Crippen molar-refractivity contribution in [3.63, 3.8) is 0 Å². The van der Waals surface area contributed by atoms with Gasteiger partial charge >= 0.3 is 5.97 Å². The van der Waals surface area contributed by atoms with Crippen LogP contribution >= 0.6 is 0 Å². The number of carbonyl (C=O) groups excluding carboxylic acids is 1. The van der Waals surface area contributed by atoms with Crippen LogP contribution in [0.1, 0.15) is 22.8 Å². The third-order valence-electron chi connectivity index (χ3n) is 7.31. The number of anilines is 2. The molecule has 0 spiro atoms. The summed E-state index contributed by atoms with van der Waals surface area (Å²) in [6.07, 6.45) is 4.60. The SMILES string of the molecule is CCOC(=O)c1cn(-c2cccc(Cn3cncn3)c2)c2cc(N3CCN(c4ccccc4)CC3)c(F)cc2c1=O. The van der Waals surface area contributed by atoms with Crippen molar-refractivity contribution in [3.8, 4) is 5.69 Å². The molecule has 0 N–H and O–H groups in total. The largest absolute Gasteiger partial charge is 0.462 e. The number of pyridine rings is 1. The first-order valence-electron chi connectivity index (χ1n) is 13.5. The van der Waals surface area contributed by atoms with Crippen molar-refractivity contribution in [2.24, 2.45) is 0 Å². The molecule has 1 saturated heterocycles. The van der Waals surface area contributed by atoms with Gasteiger partial charge in [0.1, 0.15) is 24.0 Å². The van der Waals surface area contributed by atoms with Crippen LogP contribution in [0.4, 0.5) is 15.8 Å². The second kappa shape index (κ2) is 11.2. The lowest BCUT2D eigenvalue weighted by atomic mass is 10.1. The van der Waals surface area contributed by atoms with E-state index in [1.54, 1.807) is 28.6 Å². The number of ether oxygens (including phenoxy) is 1. The second-order valence-electron chi connectivity index (χ2n) is 9.86. The minimum Gasteiger partial charge on any atom is -0.462 e. The molecule has 10 heteroatoms. The third kappa shape index (κ3) is 5.28. The maximum absolute atomic E-state index is 15.7. The van der Waals surface area contributed by atoms with E-state index < -0.39 is 17.2 Å². The van der Waals surface area contributed by atoms with Gasteiger partial charge in [-0.05, 0) is 48.9 Å². The van der Waals surface area contributed by atoms with Crippen LogP contribution < -0.4 is 15.2 Å². The molecule has 41 heavy (non-hydrogen) atoms. The lowest BCUT2D eigenvalue weighted by Crippen LogP contribution is -2.46. The number of rotatable bonds is 7. The average molecular weight is 553 g/mol. The summed E-state index contributed by atoms with van der Waals surface area (Å²) in [6, 6.07) is 20.8. The maximum atomic E-state index is 15.7. The van der Waals surface area contributed by atoms with Crippen molar-refractivity contribution in [2.75, 3.05) is 42.6 Å². The minimum absolute atomic E-state index is 0.112. The highest BCUT2D eigenvalue weighted by Crippen LogP contribution is 2.29. The number of benzene rings is 3. The van der Waals surface area contributed by atoms with Crippen molar-refractivity contribution >= 4 is 28.2 Å². The Morgan fingerprint density at radius 3 is 2.44 bits per heavy atom. The van der Waals surface area contributed by atoms with Gasteiger partial charge in [0.2, 0.25) is 5.43 Å². The second-order valence-corrected chi connectivity index (χ2v) is 9.86. The van der Waals surface area contributed by atoms with E-state index in [1.165, 1.54) is 18.6 Å². The summed E-state index contributed by atoms with van der Waals surface area (Å²) in [4.78, 5) is 34.5. The number of aromatic nitrogens is 4. The van der Waals surface area contributed by atoms with Gasteiger partial charge in [0.15, 0.2) is 0 Å². The van der Waals surface area contributed by atoms with Crippen LogP contribution in [0.25, 0.3) is 16.6 Å². The van der Waals surface area contributed by atoms with E-state index in [-0.39, 0.29) is 17.6 Å². The molecule has 3 heterocycles. The fourth-order valence-corrected chi connectivity index (χ4v) is 5.30. The molecule has 0 radical (unpaired) electrons. The molecular weight excluding hydrogens is 523 g/mol. The molecule has 1 aliphatic rings. The monoisotopic (exact) mass is 552 g/mol. The Labute approximate surface area is 236 Å². The van der Waals surface area contributed by atoms with Crippen molar-refractivity contribution in [1.29, 1.82) is 0 Å². The predicted octanol–water partition coefficient (Wildman–Crippen LogP) is 4.27. The summed E-state index contributed by atoms with van der Waals surface area (Å²) in [7, 11) is 0. The van der Waals surface area contributed by atoms with Crippen molar-refractivity contribution in [3.05, 3.63) is 113 Å². The van der Waals surface area contributed by atoms with E-state index in [0.717, 1.165) is 24.3 Å². The molecule has 0 atom stereocenters. The lowest BCUT2D eigenvalue weighted by molar-refractivity contribution is 0.0524. The van der Waals surface area contributed by atoms with Crippen LogP contribution in [0.15, 0.2) is 90.4 Å². The normalized spacial score (nSPS) is 13.5. The number of halogens is 1. The number of esters is 1. The molecule has 208 valence electrons. The summed E-state index contributed by atoms with van der Waals surface area (Å²) >= 11 is 0. The summed E-state index contributed by atoms with van der Waals surface area (Å²) in [5, 5.41) is 4.29. The number of para-hydroxylation sites is 1. The molecule has 6 rings (SSSR count). The van der Waals surface area contributed by atoms with Crippen LogP contribution in [-0.2, 0) is 11.3 Å². The molecule has 1 fully saturated rings. The zero-order valence-electron chi connectivity index (χ0n) is 22.6. The number of fused-ring (bicyclic) bond motifs is 1. The van der Waals surface area contributed by atoms with E-state index in [4.69, 9.17) is 4.74 Å². The summed E-state index contributed by atoms with van der Waals surface area (Å²) in [5.74, 6) is -1.25. The summed E-state index contributed by atoms with van der Waals surface area (Å²) in [5.41, 5.74) is 3.00. The van der Waals surface area contributed by atoms with Gasteiger partial charge in [-0.25, -0.2) is 18.9 Å². The number of hydrogen-bond donors (Lipinski definition) is 0. The molecule has 5 aromatic rings. The zero-order chi connectivity index (χ0) is 28.3. The Kier molecular flexibility index (Phi) is 7.20. The van der Waals surface area contributed by atoms with Gasteiger partial charge < -0.3 is 19.1 Å². The standard InChI is InChI=1S/C31H29FN6O3/c1-2-41-31(40)26-19-38(24-10-6-7-22(15-24)18-37-21-33-20-34-37)28-17-29(27(32)16-25(28)30(26)39)36-13-11-35(12-14-36)23-8-4-3-5-9-23/h3-10,15-17,19-21H,2,11-14,18H2,1H3. The number of nitrogens with zero attached hydrogens (tertiary/aromatic N) is 6. The van der Waals surface area contributed by atoms with E-state index in [9.17, 15) is 9.59 Å². The van der Waals surface area contributed by atoms with Crippen molar-refractivity contribution in [1.82, 2.24) is 19.3 Å². The Balaban J connectivity index is 1.42. The van der Waals surface area contributed by atoms with Crippen molar-refractivity contribution < 1.29 is 13.9 Å². The molecule has 0 amide bonds. The van der Waals surface area contributed by atoms with Crippen molar-refractivity contribution in [2.45, 2.75) is 13.5 Å². The maximum Gasteiger partial charge on any atom is 0.343 e. The van der Waals surface area contributed by atoms with Gasteiger partial charge in [-0.3, -0.25) is 4.79 Å². The Bertz CT molecular complexity index is 1750. The first-order chi connectivity index (χ1) is 20.0. The van der Waals surface area contributed by atoms with E-state index in [1.807, 2.05) is 47.4 Å². The highest BCUT2D eigenvalue weighted by Gasteiger charge is 2.24. The Hall–Kier alpha value is -4.99. The highest BCUT2D eigenvalue weighted by molar-refractivity contribution is 5.95. The van der Waals surface area contributed by atoms with Gasteiger partial charge in [-0.15, -0.1) is 0 Å². The molecule has 0 bridgehead atoms. The molecule has 0 saturated carbocycles. The van der Waals surface area contributed by atoms with Crippen LogP contribution in [0.3, 0.4) is 0 Å². The predicted molar refractivity (Wildman–Crippen MR) is 155 cm³/mol. The lowest BCUT2D eigenvalue weighted by Gasteiger charge is -2.37.